The Morgan fingerprint density at radius 3 is 2.22 bits per heavy atom. The van der Waals surface area contributed by atoms with Gasteiger partial charge in [0.1, 0.15) is 24.4 Å². The fraction of sp³-hybridized carbons (Fsp3) is 0.794. The Labute approximate surface area is 270 Å². The van der Waals surface area contributed by atoms with Crippen LogP contribution in [0.5, 0.6) is 0 Å². The standard InChI is InChI=1S/C34H56N2O8S/c1-5-6-7-8-9-10-11-12-13-17-24-40-30-29(42-32-31(30)43-34(3,4)44-32)28(25-36-22-15-14-16-23-36)41-33(37)35-45(38,39)27-20-18-26(2)19-21-27/h18-21,28-32H,5-17,22-25H2,1-4H3,(H,35,37)/t28?,29-,30+,31-,32-/m1/s1. The van der Waals surface area contributed by atoms with E-state index in [1.165, 1.54) is 63.5 Å². The van der Waals surface area contributed by atoms with Gasteiger partial charge in [-0.25, -0.2) is 17.9 Å². The van der Waals surface area contributed by atoms with Gasteiger partial charge in [-0.3, -0.25) is 4.90 Å². The van der Waals surface area contributed by atoms with Crippen LogP contribution >= 0.6 is 0 Å². The van der Waals surface area contributed by atoms with Gasteiger partial charge < -0.3 is 23.7 Å². The molecule has 10 nitrogen and oxygen atoms in total. The molecule has 1 N–H and O–H groups in total. The zero-order valence-electron chi connectivity index (χ0n) is 27.8. The van der Waals surface area contributed by atoms with Crippen LogP contribution in [0.3, 0.4) is 0 Å². The van der Waals surface area contributed by atoms with Crippen LogP contribution in [0.1, 0.15) is 110 Å². The average Bonchev–Trinajstić information content (AvgIpc) is 3.47. The number of fused-ring (bicyclic) bond motifs is 1. The molecule has 1 amide bonds. The van der Waals surface area contributed by atoms with Crippen molar-refractivity contribution in [1.29, 1.82) is 0 Å². The molecule has 0 bridgehead atoms. The summed E-state index contributed by atoms with van der Waals surface area (Å²) in [4.78, 5) is 15.4. The second-order valence-corrected chi connectivity index (χ2v) is 15.0. The lowest BCUT2D eigenvalue weighted by molar-refractivity contribution is -0.230. The summed E-state index contributed by atoms with van der Waals surface area (Å²) in [7, 11) is -4.12. The molecule has 3 aliphatic rings. The van der Waals surface area contributed by atoms with E-state index < -0.39 is 52.6 Å². The van der Waals surface area contributed by atoms with E-state index in [1.807, 2.05) is 20.8 Å². The van der Waals surface area contributed by atoms with E-state index in [0.29, 0.717) is 13.2 Å². The van der Waals surface area contributed by atoms with Gasteiger partial charge >= 0.3 is 6.09 Å². The molecule has 0 aliphatic carbocycles. The van der Waals surface area contributed by atoms with Crippen molar-refractivity contribution in [3.8, 4) is 0 Å². The fourth-order valence-electron chi connectivity index (χ4n) is 6.45. The van der Waals surface area contributed by atoms with E-state index >= 15 is 0 Å². The molecule has 0 radical (unpaired) electrons. The Bertz CT molecular complexity index is 1140. The third-order valence-corrected chi connectivity index (χ3v) is 10.2. The molecule has 1 unspecified atom stereocenters. The second-order valence-electron chi connectivity index (χ2n) is 13.3. The van der Waals surface area contributed by atoms with E-state index in [1.54, 1.807) is 12.1 Å². The maximum Gasteiger partial charge on any atom is 0.421 e. The van der Waals surface area contributed by atoms with Gasteiger partial charge in [0.25, 0.3) is 10.0 Å². The molecule has 3 heterocycles. The van der Waals surface area contributed by atoms with E-state index in [2.05, 4.69) is 16.5 Å². The maximum absolute atomic E-state index is 13.1. The van der Waals surface area contributed by atoms with Gasteiger partial charge in [-0.05, 0) is 65.3 Å². The molecule has 256 valence electrons. The molecular formula is C34H56N2O8S. The number of benzene rings is 1. The zero-order valence-corrected chi connectivity index (χ0v) is 28.7. The van der Waals surface area contributed by atoms with Gasteiger partial charge in [0, 0.05) is 13.2 Å². The van der Waals surface area contributed by atoms with Gasteiger partial charge in [0.2, 0.25) is 0 Å². The number of hydrogen-bond acceptors (Lipinski definition) is 9. The van der Waals surface area contributed by atoms with Crippen molar-refractivity contribution in [3.05, 3.63) is 29.8 Å². The molecule has 1 aromatic carbocycles. The van der Waals surface area contributed by atoms with Crippen LogP contribution < -0.4 is 4.72 Å². The third kappa shape index (κ3) is 11.2. The van der Waals surface area contributed by atoms with Crippen molar-refractivity contribution in [1.82, 2.24) is 9.62 Å². The summed E-state index contributed by atoms with van der Waals surface area (Å²) in [6, 6.07) is 6.29. The smallest absolute Gasteiger partial charge is 0.421 e. The highest BCUT2D eigenvalue weighted by Gasteiger charge is 2.58. The highest BCUT2D eigenvalue weighted by atomic mass is 32.2. The predicted molar refractivity (Wildman–Crippen MR) is 172 cm³/mol. The van der Waals surface area contributed by atoms with Gasteiger partial charge in [-0.2, -0.15) is 0 Å². The molecule has 1 aromatic rings. The average molecular weight is 653 g/mol. The number of ether oxygens (including phenoxy) is 5. The number of carbonyl (C=O) groups excluding carboxylic acids is 1. The summed E-state index contributed by atoms with van der Waals surface area (Å²) >= 11 is 0. The summed E-state index contributed by atoms with van der Waals surface area (Å²) in [6.45, 7) is 10.4. The number of piperidine rings is 1. The van der Waals surface area contributed by atoms with E-state index in [-0.39, 0.29) is 4.90 Å². The Hall–Kier alpha value is -1.76. The van der Waals surface area contributed by atoms with Crippen LogP contribution in [0.2, 0.25) is 0 Å². The highest BCUT2D eigenvalue weighted by Crippen LogP contribution is 2.40. The van der Waals surface area contributed by atoms with E-state index in [0.717, 1.165) is 50.8 Å². The van der Waals surface area contributed by atoms with Gasteiger partial charge in [-0.1, -0.05) is 88.8 Å². The fourth-order valence-corrected chi connectivity index (χ4v) is 7.33. The van der Waals surface area contributed by atoms with Crippen molar-refractivity contribution < 1.29 is 36.9 Å². The summed E-state index contributed by atoms with van der Waals surface area (Å²) in [5.41, 5.74) is 0.915. The second kappa shape index (κ2) is 17.4. The molecule has 4 rings (SSSR count). The lowest BCUT2D eigenvalue weighted by atomic mass is 10.0. The van der Waals surface area contributed by atoms with Gasteiger partial charge in [0.15, 0.2) is 12.1 Å². The van der Waals surface area contributed by atoms with Crippen molar-refractivity contribution >= 4 is 16.1 Å². The third-order valence-electron chi connectivity index (χ3n) is 8.90. The summed E-state index contributed by atoms with van der Waals surface area (Å²) in [5, 5.41) is 0. The number of carbonyl (C=O) groups is 1. The minimum Gasteiger partial charge on any atom is -0.441 e. The highest BCUT2D eigenvalue weighted by molar-refractivity contribution is 7.90. The Balaban J connectivity index is 1.38. The Morgan fingerprint density at radius 2 is 1.58 bits per heavy atom. The number of sulfonamides is 1. The van der Waals surface area contributed by atoms with Crippen LogP contribution in [-0.4, -0.2) is 82.1 Å². The predicted octanol–water partition coefficient (Wildman–Crippen LogP) is 6.45. The minimum absolute atomic E-state index is 0.00832. The first kappa shape index (κ1) is 36.1. The van der Waals surface area contributed by atoms with E-state index in [9.17, 15) is 13.2 Å². The largest absolute Gasteiger partial charge is 0.441 e. The first-order valence-corrected chi connectivity index (χ1v) is 18.7. The van der Waals surface area contributed by atoms with Crippen LogP contribution in [0.15, 0.2) is 29.2 Å². The van der Waals surface area contributed by atoms with Crippen molar-refractivity contribution in [2.45, 2.75) is 153 Å². The van der Waals surface area contributed by atoms with Crippen molar-refractivity contribution in [2.75, 3.05) is 26.2 Å². The molecule has 5 atom stereocenters. The van der Waals surface area contributed by atoms with Crippen molar-refractivity contribution in [2.24, 2.45) is 0 Å². The maximum atomic E-state index is 13.1. The number of amides is 1. The zero-order chi connectivity index (χ0) is 32.3. The number of rotatable bonds is 18. The monoisotopic (exact) mass is 652 g/mol. The Kier molecular flexibility index (Phi) is 14.0. The molecule has 11 heteroatoms. The first-order chi connectivity index (χ1) is 21.6. The van der Waals surface area contributed by atoms with Crippen LogP contribution in [-0.2, 0) is 33.7 Å². The van der Waals surface area contributed by atoms with Crippen molar-refractivity contribution in [3.63, 3.8) is 0 Å². The number of unbranched alkanes of at least 4 members (excludes halogenated alkanes) is 9. The lowest BCUT2D eigenvalue weighted by Gasteiger charge is -2.35. The van der Waals surface area contributed by atoms with Crippen LogP contribution in [0.25, 0.3) is 0 Å². The number of likely N-dealkylation sites (tertiary alicyclic amines) is 1. The molecule has 0 aromatic heterocycles. The minimum atomic E-state index is -4.12. The van der Waals surface area contributed by atoms with Crippen LogP contribution in [0, 0.1) is 6.92 Å². The molecule has 3 fully saturated rings. The molecule has 0 saturated carbocycles. The van der Waals surface area contributed by atoms with E-state index in [4.69, 9.17) is 23.7 Å². The molecule has 45 heavy (non-hydrogen) atoms. The normalized spacial score (nSPS) is 25.6. The summed E-state index contributed by atoms with van der Waals surface area (Å²) in [5.74, 6) is -0.832. The quantitative estimate of drug-likeness (QED) is 0.179. The first-order valence-electron chi connectivity index (χ1n) is 17.2. The van der Waals surface area contributed by atoms with Crippen LogP contribution in [0.4, 0.5) is 4.79 Å². The number of nitrogens with one attached hydrogen (secondary N) is 1. The molecule has 3 aliphatic heterocycles. The number of hydrogen-bond donors (Lipinski definition) is 1. The summed E-state index contributed by atoms with van der Waals surface area (Å²) < 4.78 is 59.0. The molecular weight excluding hydrogens is 596 g/mol. The molecule has 3 saturated heterocycles. The lowest BCUT2D eigenvalue weighted by Crippen LogP contribution is -2.51. The SMILES string of the molecule is CCCCCCCCCCCCO[C@@H]1[C@H]2OC(C)(C)O[C@H]2O[C@@H]1C(CN1CCCCC1)OC(=O)NS(=O)(=O)c1ccc(C)cc1. The summed E-state index contributed by atoms with van der Waals surface area (Å²) in [6.07, 6.45) is 11.3. The van der Waals surface area contributed by atoms with Gasteiger partial charge in [-0.15, -0.1) is 0 Å². The topological polar surface area (TPSA) is 113 Å². The number of aryl methyl sites for hydroxylation is 1. The Morgan fingerprint density at radius 1 is 0.956 bits per heavy atom. The van der Waals surface area contributed by atoms with Gasteiger partial charge in [0.05, 0.1) is 4.90 Å². The molecule has 0 spiro atoms. The number of nitrogens with zero attached hydrogens (tertiary/aromatic N) is 1.